The first kappa shape index (κ1) is 22.8. The van der Waals surface area contributed by atoms with Crippen LogP contribution >= 0.6 is 0 Å². The number of fused-ring (bicyclic) bond motifs is 1. The van der Waals surface area contributed by atoms with Crippen LogP contribution in [0, 0.1) is 5.92 Å². The maximum absolute atomic E-state index is 14.0. The fraction of sp³-hybridized carbons (Fsp3) is 0.308. The first-order valence-corrected chi connectivity index (χ1v) is 11.6. The van der Waals surface area contributed by atoms with Crippen LogP contribution in [0.15, 0.2) is 55.0 Å². The number of nitrogens with zero attached hydrogens (tertiary/aromatic N) is 4. The number of carbonyl (C=O) groups excluding carboxylic acids is 1. The number of Topliss-reactive ketones (excluding diaryl/α,β-unsaturated/α-hetero) is 1. The van der Waals surface area contributed by atoms with Crippen molar-refractivity contribution in [3.63, 3.8) is 0 Å². The molecule has 0 saturated heterocycles. The minimum atomic E-state index is -1.88. The van der Waals surface area contributed by atoms with Gasteiger partial charge in [0.25, 0.3) is 0 Å². The summed E-state index contributed by atoms with van der Waals surface area (Å²) in [7, 11) is 0. The molecule has 0 radical (unpaired) electrons. The van der Waals surface area contributed by atoms with Crippen molar-refractivity contribution in [3.05, 3.63) is 66.2 Å². The summed E-state index contributed by atoms with van der Waals surface area (Å²) < 4.78 is 17.5. The molecule has 4 aromatic rings. The van der Waals surface area contributed by atoms with Crippen LogP contribution in [0.5, 0.6) is 0 Å². The molecule has 0 amide bonds. The molecule has 35 heavy (non-hydrogen) atoms. The van der Waals surface area contributed by atoms with Gasteiger partial charge in [-0.15, -0.1) is 0 Å². The molecule has 180 valence electrons. The van der Waals surface area contributed by atoms with Crippen LogP contribution < -0.4 is 5.73 Å². The number of benzene rings is 1. The van der Waals surface area contributed by atoms with E-state index < -0.39 is 18.1 Å². The summed E-state index contributed by atoms with van der Waals surface area (Å²) in [6.07, 6.45) is 5.65. The van der Waals surface area contributed by atoms with Gasteiger partial charge in [-0.3, -0.25) is 4.79 Å². The van der Waals surface area contributed by atoms with Crippen LogP contribution in [0.3, 0.4) is 0 Å². The quantitative estimate of drug-likeness (QED) is 0.392. The van der Waals surface area contributed by atoms with Crippen molar-refractivity contribution >= 4 is 23.2 Å². The molecule has 0 spiro atoms. The molecular formula is C26H26FN5O3. The Labute approximate surface area is 201 Å². The maximum atomic E-state index is 14.0. The number of carboxylic acid groups (broad SMARTS) is 1. The number of carboxylic acids is 1. The second-order valence-electron chi connectivity index (χ2n) is 9.10. The van der Waals surface area contributed by atoms with E-state index in [4.69, 9.17) is 15.8 Å². The number of nitrogens with two attached hydrogens (primary N) is 1. The summed E-state index contributed by atoms with van der Waals surface area (Å²) in [6.45, 7) is 1.45. The van der Waals surface area contributed by atoms with Gasteiger partial charge in [0, 0.05) is 41.0 Å². The van der Waals surface area contributed by atoms with Gasteiger partial charge in [0.2, 0.25) is 0 Å². The van der Waals surface area contributed by atoms with Gasteiger partial charge in [0.1, 0.15) is 5.82 Å². The number of rotatable bonds is 6. The van der Waals surface area contributed by atoms with Gasteiger partial charge in [0.05, 0.1) is 17.5 Å². The summed E-state index contributed by atoms with van der Waals surface area (Å²) in [4.78, 5) is 28.5. The average Bonchev–Trinajstić information content (AvgIpc) is 3.51. The van der Waals surface area contributed by atoms with E-state index >= 15 is 0 Å². The number of hydrogen-bond donors (Lipinski definition) is 2. The third kappa shape index (κ3) is 4.07. The van der Waals surface area contributed by atoms with E-state index in [2.05, 4.69) is 5.10 Å². The van der Waals surface area contributed by atoms with Crippen LogP contribution in [0.1, 0.15) is 54.6 Å². The van der Waals surface area contributed by atoms with Crippen molar-refractivity contribution in [2.75, 3.05) is 5.73 Å². The number of ketones is 1. The molecule has 1 aliphatic rings. The van der Waals surface area contributed by atoms with Gasteiger partial charge < -0.3 is 15.4 Å². The predicted molar refractivity (Wildman–Crippen MR) is 129 cm³/mol. The Hall–Kier alpha value is -4.01. The predicted octanol–water partition coefficient (Wildman–Crippen LogP) is 4.67. The topological polar surface area (TPSA) is 116 Å². The normalized spacial score (nSPS) is 19.0. The number of halogens is 1. The lowest BCUT2D eigenvalue weighted by molar-refractivity contribution is -0.145. The molecule has 3 N–H and O–H groups in total. The highest BCUT2D eigenvalue weighted by Gasteiger charge is 2.35. The zero-order valence-corrected chi connectivity index (χ0v) is 19.3. The lowest BCUT2D eigenvalue weighted by atomic mass is 9.77. The summed E-state index contributed by atoms with van der Waals surface area (Å²) >= 11 is 0. The Morgan fingerprint density at radius 1 is 1.14 bits per heavy atom. The third-order valence-electron chi connectivity index (χ3n) is 6.93. The number of hydrogen-bond acceptors (Lipinski definition) is 5. The highest BCUT2D eigenvalue weighted by Crippen LogP contribution is 2.40. The van der Waals surface area contributed by atoms with Crippen molar-refractivity contribution in [1.82, 2.24) is 19.2 Å². The number of alkyl halides is 1. The van der Waals surface area contributed by atoms with Crippen molar-refractivity contribution in [3.8, 4) is 16.8 Å². The molecule has 1 unspecified atom stereocenters. The molecule has 8 nitrogen and oxygen atoms in total. The average molecular weight is 476 g/mol. The molecule has 3 heterocycles. The number of carbonyl (C=O) groups is 2. The number of anilines is 1. The maximum Gasteiger partial charge on any atom is 0.338 e. The van der Waals surface area contributed by atoms with Gasteiger partial charge in [-0.25, -0.2) is 14.2 Å². The first-order chi connectivity index (χ1) is 16.8. The minimum Gasteiger partial charge on any atom is -0.479 e. The minimum absolute atomic E-state index is 0.116. The standard InChI is InChI=1S/C26H26FN5O3/c1-15(33)21-23(17-9-7-16(8-10-17)22(27)26(34)35)30-25-20(13-29-32(25)24(21)28)18-11-12-31(14-18)19-5-3-2-4-6-19/h2-6,11-14,16-17,22H,7-10,28H2,1H3,(H,34,35). The van der Waals surface area contributed by atoms with E-state index in [0.29, 0.717) is 42.6 Å². The molecular weight excluding hydrogens is 449 g/mol. The van der Waals surface area contributed by atoms with E-state index in [1.165, 1.54) is 11.4 Å². The number of aromatic nitrogens is 4. The van der Waals surface area contributed by atoms with Crippen LogP contribution in [0.2, 0.25) is 0 Å². The van der Waals surface area contributed by atoms with Crippen molar-refractivity contribution in [2.24, 2.45) is 5.92 Å². The van der Waals surface area contributed by atoms with E-state index in [-0.39, 0.29) is 17.5 Å². The largest absolute Gasteiger partial charge is 0.479 e. The van der Waals surface area contributed by atoms with Gasteiger partial charge in [-0.2, -0.15) is 9.61 Å². The molecule has 1 atom stereocenters. The fourth-order valence-corrected chi connectivity index (χ4v) is 5.10. The zero-order valence-electron chi connectivity index (χ0n) is 19.3. The Balaban J connectivity index is 1.54. The lowest BCUT2D eigenvalue weighted by Crippen LogP contribution is -2.29. The van der Waals surface area contributed by atoms with E-state index in [0.717, 1.165) is 16.8 Å². The molecule has 0 aliphatic heterocycles. The van der Waals surface area contributed by atoms with Crippen LogP contribution in [-0.4, -0.2) is 42.2 Å². The fourth-order valence-electron chi connectivity index (χ4n) is 5.10. The number of para-hydroxylation sites is 1. The third-order valence-corrected chi connectivity index (χ3v) is 6.93. The summed E-state index contributed by atoms with van der Waals surface area (Å²) in [5.74, 6) is -2.06. The summed E-state index contributed by atoms with van der Waals surface area (Å²) in [6, 6.07) is 11.9. The smallest absolute Gasteiger partial charge is 0.338 e. The van der Waals surface area contributed by atoms with E-state index in [9.17, 15) is 14.0 Å². The Kier molecular flexibility index (Phi) is 5.84. The van der Waals surface area contributed by atoms with Crippen LogP contribution in [0.4, 0.5) is 10.2 Å². The highest BCUT2D eigenvalue weighted by atomic mass is 19.1. The van der Waals surface area contributed by atoms with Gasteiger partial charge in [-0.1, -0.05) is 18.2 Å². The number of aliphatic carboxylic acids is 1. The highest BCUT2D eigenvalue weighted by molar-refractivity contribution is 6.00. The lowest BCUT2D eigenvalue weighted by Gasteiger charge is -2.29. The molecule has 3 aromatic heterocycles. The van der Waals surface area contributed by atoms with Gasteiger partial charge in [-0.05, 0) is 50.8 Å². The van der Waals surface area contributed by atoms with Crippen molar-refractivity contribution < 1.29 is 19.1 Å². The molecule has 1 aromatic carbocycles. The van der Waals surface area contributed by atoms with Gasteiger partial charge in [0.15, 0.2) is 17.6 Å². The second kappa shape index (κ2) is 8.98. The summed E-state index contributed by atoms with van der Waals surface area (Å²) in [5, 5.41) is 13.4. The van der Waals surface area contributed by atoms with Crippen molar-refractivity contribution in [1.29, 1.82) is 0 Å². The van der Waals surface area contributed by atoms with Gasteiger partial charge >= 0.3 is 5.97 Å². The van der Waals surface area contributed by atoms with E-state index in [1.807, 2.05) is 53.4 Å². The molecule has 0 bridgehead atoms. The molecule has 5 rings (SSSR count). The molecule has 9 heteroatoms. The van der Waals surface area contributed by atoms with Crippen LogP contribution in [0.25, 0.3) is 22.5 Å². The monoisotopic (exact) mass is 475 g/mol. The molecule has 1 aliphatic carbocycles. The van der Waals surface area contributed by atoms with Crippen LogP contribution in [-0.2, 0) is 4.79 Å². The number of nitrogen functional groups attached to an aromatic ring is 1. The van der Waals surface area contributed by atoms with E-state index in [1.54, 1.807) is 6.20 Å². The Bertz CT molecular complexity index is 1400. The molecule has 1 saturated carbocycles. The Morgan fingerprint density at radius 2 is 1.86 bits per heavy atom. The zero-order chi connectivity index (χ0) is 24.7. The first-order valence-electron chi connectivity index (χ1n) is 11.6. The molecule has 1 fully saturated rings. The SMILES string of the molecule is CC(=O)c1c(C2CCC(C(F)C(=O)O)CC2)nc2c(-c3ccn(-c4ccccc4)c3)cnn2c1N. The van der Waals surface area contributed by atoms with Crippen molar-refractivity contribution in [2.45, 2.75) is 44.7 Å². The Morgan fingerprint density at radius 3 is 2.51 bits per heavy atom. The summed E-state index contributed by atoms with van der Waals surface area (Å²) in [5.41, 5.74) is 10.6. The second-order valence-corrected chi connectivity index (χ2v) is 9.10.